The lowest BCUT2D eigenvalue weighted by Crippen LogP contribution is -2.62. The van der Waals surface area contributed by atoms with Crippen molar-refractivity contribution < 1.29 is 19.8 Å². The van der Waals surface area contributed by atoms with E-state index in [2.05, 4.69) is 0 Å². The molecule has 0 radical (unpaired) electrons. The van der Waals surface area contributed by atoms with Crippen molar-refractivity contribution in [2.24, 2.45) is 0 Å². The third-order valence-electron chi connectivity index (χ3n) is 2.15. The van der Waals surface area contributed by atoms with Crippen LogP contribution in [0.4, 0.5) is 0 Å². The molecule has 1 fully saturated rings. The second kappa shape index (κ2) is 3.71. The van der Waals surface area contributed by atoms with E-state index in [4.69, 9.17) is 0 Å². The Morgan fingerprint density at radius 1 is 1.23 bits per heavy atom. The van der Waals surface area contributed by atoms with Crippen LogP contribution in [0.15, 0.2) is 0 Å². The van der Waals surface area contributed by atoms with E-state index in [1.165, 1.54) is 0 Å². The van der Waals surface area contributed by atoms with E-state index in [1.807, 2.05) is 0 Å². The standard InChI is InChI=1S/C7H12N2O4/c1-5-2-8(3-10)6(12)7(13)9(5)4-11/h3-7,12-13H,2H2,1H3/t5-,6-,7+/m1/s1. The summed E-state index contributed by atoms with van der Waals surface area (Å²) >= 11 is 0. The Morgan fingerprint density at radius 2 is 1.85 bits per heavy atom. The largest absolute Gasteiger partial charge is 0.369 e. The monoisotopic (exact) mass is 188 g/mol. The Morgan fingerprint density at radius 3 is 2.31 bits per heavy atom. The molecular formula is C7H12N2O4. The summed E-state index contributed by atoms with van der Waals surface area (Å²) in [6.45, 7) is 1.90. The number of hydrogen-bond donors (Lipinski definition) is 2. The van der Waals surface area contributed by atoms with Gasteiger partial charge in [0, 0.05) is 12.6 Å². The SMILES string of the molecule is C[C@@H]1CN(C=O)[C@H](O)[C@H](O)N1C=O. The van der Waals surface area contributed by atoms with Crippen molar-refractivity contribution in [2.75, 3.05) is 6.54 Å². The molecule has 6 heteroatoms. The summed E-state index contributed by atoms with van der Waals surface area (Å²) in [4.78, 5) is 23.0. The molecule has 0 unspecified atom stereocenters. The van der Waals surface area contributed by atoms with Crippen LogP contribution in [0, 0.1) is 0 Å². The molecule has 3 atom stereocenters. The van der Waals surface area contributed by atoms with Crippen molar-refractivity contribution in [2.45, 2.75) is 25.4 Å². The fraction of sp³-hybridized carbons (Fsp3) is 0.714. The van der Waals surface area contributed by atoms with Crippen molar-refractivity contribution in [3.63, 3.8) is 0 Å². The van der Waals surface area contributed by atoms with Crippen molar-refractivity contribution in [3.05, 3.63) is 0 Å². The maximum absolute atomic E-state index is 10.5. The highest BCUT2D eigenvalue weighted by Crippen LogP contribution is 2.15. The minimum Gasteiger partial charge on any atom is -0.369 e. The first kappa shape index (κ1) is 9.94. The lowest BCUT2D eigenvalue weighted by atomic mass is 10.2. The van der Waals surface area contributed by atoms with E-state index in [1.54, 1.807) is 6.92 Å². The van der Waals surface area contributed by atoms with Crippen LogP contribution in [0.2, 0.25) is 0 Å². The minimum atomic E-state index is -1.34. The lowest BCUT2D eigenvalue weighted by molar-refractivity contribution is -0.191. The fourth-order valence-corrected chi connectivity index (χ4v) is 1.36. The van der Waals surface area contributed by atoms with Gasteiger partial charge in [0.05, 0.1) is 0 Å². The zero-order chi connectivity index (χ0) is 10.0. The number of rotatable bonds is 2. The molecule has 0 saturated carbocycles. The van der Waals surface area contributed by atoms with Gasteiger partial charge in [0.15, 0.2) is 12.5 Å². The van der Waals surface area contributed by atoms with Crippen molar-refractivity contribution >= 4 is 12.8 Å². The molecule has 0 spiro atoms. The fourth-order valence-electron chi connectivity index (χ4n) is 1.36. The highest BCUT2D eigenvalue weighted by Gasteiger charge is 2.36. The van der Waals surface area contributed by atoms with Crippen LogP contribution in [-0.2, 0) is 9.59 Å². The number of carbonyl (C=O) groups is 2. The van der Waals surface area contributed by atoms with E-state index in [0.717, 1.165) is 9.80 Å². The maximum atomic E-state index is 10.5. The average Bonchev–Trinajstić information content (AvgIpc) is 2.12. The van der Waals surface area contributed by atoms with Crippen LogP contribution < -0.4 is 0 Å². The van der Waals surface area contributed by atoms with Crippen LogP contribution in [0.5, 0.6) is 0 Å². The van der Waals surface area contributed by atoms with Gasteiger partial charge in [-0.25, -0.2) is 0 Å². The van der Waals surface area contributed by atoms with Crippen molar-refractivity contribution in [1.29, 1.82) is 0 Å². The predicted octanol–water partition coefficient (Wildman–Crippen LogP) is -2.06. The number of piperazine rings is 1. The molecule has 0 aromatic rings. The van der Waals surface area contributed by atoms with E-state index in [-0.39, 0.29) is 12.6 Å². The number of carbonyl (C=O) groups excluding carboxylic acids is 2. The summed E-state index contributed by atoms with van der Waals surface area (Å²) in [6, 6.07) is -0.291. The van der Waals surface area contributed by atoms with Crippen molar-refractivity contribution in [3.8, 4) is 0 Å². The van der Waals surface area contributed by atoms with Gasteiger partial charge >= 0.3 is 0 Å². The first-order valence-electron chi connectivity index (χ1n) is 3.91. The predicted molar refractivity (Wildman–Crippen MR) is 42.1 cm³/mol. The molecular weight excluding hydrogens is 176 g/mol. The highest BCUT2D eigenvalue weighted by atomic mass is 16.4. The zero-order valence-corrected chi connectivity index (χ0v) is 7.20. The molecule has 0 aliphatic carbocycles. The Hall–Kier alpha value is -1.14. The third-order valence-corrected chi connectivity index (χ3v) is 2.15. The first-order chi connectivity index (χ1) is 6.11. The molecule has 6 nitrogen and oxygen atoms in total. The summed E-state index contributed by atoms with van der Waals surface area (Å²) < 4.78 is 0. The van der Waals surface area contributed by atoms with Gasteiger partial charge < -0.3 is 20.0 Å². The van der Waals surface area contributed by atoms with Crippen molar-refractivity contribution in [1.82, 2.24) is 9.80 Å². The molecule has 74 valence electrons. The van der Waals surface area contributed by atoms with Gasteiger partial charge in [0.2, 0.25) is 12.8 Å². The first-order valence-corrected chi connectivity index (χ1v) is 3.91. The molecule has 13 heavy (non-hydrogen) atoms. The van der Waals surface area contributed by atoms with Gasteiger partial charge in [-0.1, -0.05) is 0 Å². The molecule has 0 aromatic carbocycles. The summed E-state index contributed by atoms with van der Waals surface area (Å²) in [5, 5.41) is 18.7. The molecule has 0 aromatic heterocycles. The second-order valence-corrected chi connectivity index (χ2v) is 3.03. The van der Waals surface area contributed by atoms with Gasteiger partial charge in [-0.05, 0) is 6.92 Å². The van der Waals surface area contributed by atoms with E-state index in [9.17, 15) is 19.8 Å². The van der Waals surface area contributed by atoms with Crippen LogP contribution in [0.3, 0.4) is 0 Å². The van der Waals surface area contributed by atoms with Crippen LogP contribution >= 0.6 is 0 Å². The van der Waals surface area contributed by atoms with Gasteiger partial charge in [-0.2, -0.15) is 0 Å². The Bertz CT molecular complexity index is 211. The number of aliphatic hydroxyl groups is 2. The smallest absolute Gasteiger partial charge is 0.212 e. The molecule has 1 rings (SSSR count). The highest BCUT2D eigenvalue weighted by molar-refractivity contribution is 5.52. The third kappa shape index (κ3) is 1.63. The number of amides is 2. The molecule has 2 N–H and O–H groups in total. The van der Waals surface area contributed by atoms with Crippen LogP contribution in [-0.4, -0.2) is 57.9 Å². The van der Waals surface area contributed by atoms with Gasteiger partial charge in [0.1, 0.15) is 0 Å². The Balaban J connectivity index is 2.77. The summed E-state index contributed by atoms with van der Waals surface area (Å²) in [5.74, 6) is 0. The summed E-state index contributed by atoms with van der Waals surface area (Å²) in [6.07, 6.45) is -1.77. The molecule has 2 amide bonds. The number of aliphatic hydroxyl groups excluding tert-OH is 2. The topological polar surface area (TPSA) is 81.1 Å². The van der Waals surface area contributed by atoms with Crippen LogP contribution in [0.1, 0.15) is 6.92 Å². The quantitative estimate of drug-likeness (QED) is 0.488. The average molecular weight is 188 g/mol. The summed E-state index contributed by atoms with van der Waals surface area (Å²) in [5.41, 5.74) is 0. The number of nitrogens with zero attached hydrogens (tertiary/aromatic N) is 2. The lowest BCUT2D eigenvalue weighted by Gasteiger charge is -2.43. The maximum Gasteiger partial charge on any atom is 0.212 e. The van der Waals surface area contributed by atoms with E-state index >= 15 is 0 Å². The molecule has 1 heterocycles. The van der Waals surface area contributed by atoms with E-state index in [0.29, 0.717) is 12.8 Å². The zero-order valence-electron chi connectivity index (χ0n) is 7.20. The second-order valence-electron chi connectivity index (χ2n) is 3.03. The Labute approximate surface area is 75.4 Å². The summed E-state index contributed by atoms with van der Waals surface area (Å²) in [7, 11) is 0. The van der Waals surface area contributed by atoms with Gasteiger partial charge in [-0.15, -0.1) is 0 Å². The Kier molecular flexibility index (Phi) is 2.84. The van der Waals surface area contributed by atoms with Gasteiger partial charge in [-0.3, -0.25) is 9.59 Å². The normalized spacial score (nSPS) is 34.5. The van der Waals surface area contributed by atoms with E-state index < -0.39 is 12.5 Å². The minimum absolute atomic E-state index is 0.223. The number of hydrogen-bond acceptors (Lipinski definition) is 4. The molecule has 1 aliphatic rings. The van der Waals surface area contributed by atoms with Gasteiger partial charge in [0.25, 0.3) is 0 Å². The van der Waals surface area contributed by atoms with Crippen LogP contribution in [0.25, 0.3) is 0 Å². The molecule has 1 saturated heterocycles. The molecule has 1 aliphatic heterocycles. The molecule has 0 bridgehead atoms.